The summed E-state index contributed by atoms with van der Waals surface area (Å²) in [6, 6.07) is 6.69. The largest absolute Gasteiger partial charge is 0.340 e. The van der Waals surface area contributed by atoms with E-state index in [4.69, 9.17) is 11.6 Å². The lowest BCUT2D eigenvalue weighted by Crippen LogP contribution is -2.50. The molecule has 7 heteroatoms. The molecular formula is C20H26ClFN4O. The number of hydrogen-bond acceptors (Lipinski definition) is 3. The first-order chi connectivity index (χ1) is 12.8. The molecule has 3 rings (SSSR count). The van der Waals surface area contributed by atoms with E-state index in [-0.39, 0.29) is 17.6 Å². The number of aromatic nitrogens is 2. The molecule has 27 heavy (non-hydrogen) atoms. The predicted octanol–water partition coefficient (Wildman–Crippen LogP) is 3.27. The van der Waals surface area contributed by atoms with Gasteiger partial charge in [-0.05, 0) is 31.5 Å². The predicted molar refractivity (Wildman–Crippen MR) is 104 cm³/mol. The number of carbonyl (C=O) groups is 1. The highest BCUT2D eigenvalue weighted by Gasteiger charge is 2.26. The lowest BCUT2D eigenvalue weighted by Gasteiger charge is -2.36. The van der Waals surface area contributed by atoms with Crippen LogP contribution in [0.4, 0.5) is 4.39 Å². The Hall–Kier alpha value is -1.92. The number of aryl methyl sites for hydroxylation is 1. The van der Waals surface area contributed by atoms with E-state index >= 15 is 0 Å². The maximum absolute atomic E-state index is 13.3. The van der Waals surface area contributed by atoms with Gasteiger partial charge in [-0.3, -0.25) is 14.4 Å². The molecule has 2 aromatic rings. The van der Waals surface area contributed by atoms with Crippen LogP contribution in [0.1, 0.15) is 23.9 Å². The lowest BCUT2D eigenvalue weighted by atomic mass is 10.1. The fourth-order valence-electron chi connectivity index (χ4n) is 3.52. The van der Waals surface area contributed by atoms with Gasteiger partial charge in [0.25, 0.3) is 0 Å². The van der Waals surface area contributed by atoms with Gasteiger partial charge in [0.05, 0.1) is 28.9 Å². The van der Waals surface area contributed by atoms with Crippen LogP contribution in [-0.2, 0) is 17.9 Å². The zero-order valence-electron chi connectivity index (χ0n) is 16.1. The van der Waals surface area contributed by atoms with Crippen molar-refractivity contribution in [2.24, 2.45) is 5.92 Å². The van der Waals surface area contributed by atoms with Crippen LogP contribution in [0.2, 0.25) is 5.02 Å². The highest BCUT2D eigenvalue weighted by Crippen LogP contribution is 2.20. The first-order valence-corrected chi connectivity index (χ1v) is 9.68. The molecule has 0 aliphatic carbocycles. The van der Waals surface area contributed by atoms with Gasteiger partial charge in [0.1, 0.15) is 5.82 Å². The number of amides is 1. The molecule has 1 saturated heterocycles. The average molecular weight is 393 g/mol. The Morgan fingerprint density at radius 1 is 1.26 bits per heavy atom. The molecule has 146 valence electrons. The third kappa shape index (κ3) is 4.68. The normalized spacial score (nSPS) is 16.6. The molecule has 2 heterocycles. The number of hydrogen-bond donors (Lipinski definition) is 0. The van der Waals surface area contributed by atoms with Gasteiger partial charge in [-0.15, -0.1) is 0 Å². The molecule has 1 unspecified atom stereocenters. The van der Waals surface area contributed by atoms with Crippen LogP contribution in [-0.4, -0.2) is 51.7 Å². The van der Waals surface area contributed by atoms with Gasteiger partial charge in [-0.2, -0.15) is 5.10 Å². The third-order valence-corrected chi connectivity index (χ3v) is 5.69. The van der Waals surface area contributed by atoms with Gasteiger partial charge in [0, 0.05) is 32.7 Å². The standard InChI is InChI=1S/C20H26ClFN4O/c1-14(12-26-16(3)19(21)15(2)23-26)20(27)25-9-7-24(8-10-25)13-17-5-4-6-18(22)11-17/h4-6,11,14H,7-10,12-13H2,1-3H3. The Morgan fingerprint density at radius 2 is 1.96 bits per heavy atom. The quantitative estimate of drug-likeness (QED) is 0.784. The SMILES string of the molecule is Cc1nn(CC(C)C(=O)N2CCN(Cc3cccc(F)c3)CC2)c(C)c1Cl. The smallest absolute Gasteiger partial charge is 0.227 e. The summed E-state index contributed by atoms with van der Waals surface area (Å²) in [4.78, 5) is 17.0. The molecule has 1 aliphatic rings. The Kier molecular flexibility index (Phi) is 6.17. The molecule has 1 aliphatic heterocycles. The Balaban J connectivity index is 1.52. The molecule has 0 bridgehead atoms. The number of benzene rings is 1. The van der Waals surface area contributed by atoms with Crippen LogP contribution < -0.4 is 0 Å². The van der Waals surface area contributed by atoms with Crippen LogP contribution in [0.5, 0.6) is 0 Å². The van der Waals surface area contributed by atoms with Crippen molar-refractivity contribution in [2.45, 2.75) is 33.9 Å². The molecule has 0 spiro atoms. The summed E-state index contributed by atoms with van der Waals surface area (Å²) in [5.74, 6) is -0.225. The molecule has 0 N–H and O–H groups in total. The third-order valence-electron chi connectivity index (χ3n) is 5.14. The summed E-state index contributed by atoms with van der Waals surface area (Å²) in [6.45, 7) is 9.93. The summed E-state index contributed by atoms with van der Waals surface area (Å²) in [6.07, 6.45) is 0. The van der Waals surface area contributed by atoms with Crippen LogP contribution in [0.3, 0.4) is 0 Å². The van der Waals surface area contributed by atoms with E-state index in [0.29, 0.717) is 31.2 Å². The first-order valence-electron chi connectivity index (χ1n) is 9.30. The van der Waals surface area contributed by atoms with E-state index in [1.54, 1.807) is 12.1 Å². The minimum Gasteiger partial charge on any atom is -0.340 e. The van der Waals surface area contributed by atoms with Crippen molar-refractivity contribution in [1.82, 2.24) is 19.6 Å². The number of halogens is 2. The maximum Gasteiger partial charge on any atom is 0.227 e. The summed E-state index contributed by atoms with van der Waals surface area (Å²) in [5.41, 5.74) is 2.65. The molecule has 1 aromatic carbocycles. The summed E-state index contributed by atoms with van der Waals surface area (Å²) in [5, 5.41) is 5.09. The number of piperazine rings is 1. The van der Waals surface area contributed by atoms with Gasteiger partial charge < -0.3 is 4.90 Å². The minimum atomic E-state index is -0.209. The van der Waals surface area contributed by atoms with Crippen LogP contribution in [0.15, 0.2) is 24.3 Å². The van der Waals surface area contributed by atoms with E-state index in [9.17, 15) is 9.18 Å². The van der Waals surface area contributed by atoms with Gasteiger partial charge in [0.15, 0.2) is 0 Å². The van der Waals surface area contributed by atoms with E-state index in [1.165, 1.54) is 6.07 Å². The van der Waals surface area contributed by atoms with Gasteiger partial charge >= 0.3 is 0 Å². The van der Waals surface area contributed by atoms with Crippen molar-refractivity contribution < 1.29 is 9.18 Å². The zero-order valence-corrected chi connectivity index (χ0v) is 16.8. The van der Waals surface area contributed by atoms with Gasteiger partial charge in [0.2, 0.25) is 5.91 Å². The Morgan fingerprint density at radius 3 is 2.56 bits per heavy atom. The van der Waals surface area contributed by atoms with E-state index < -0.39 is 0 Å². The van der Waals surface area contributed by atoms with Crippen molar-refractivity contribution in [3.05, 3.63) is 52.1 Å². The van der Waals surface area contributed by atoms with E-state index in [2.05, 4.69) is 10.00 Å². The summed E-state index contributed by atoms with van der Waals surface area (Å²) in [7, 11) is 0. The van der Waals surface area contributed by atoms with Gasteiger partial charge in [-0.1, -0.05) is 30.7 Å². The maximum atomic E-state index is 13.3. The van der Waals surface area contributed by atoms with Crippen molar-refractivity contribution in [3.8, 4) is 0 Å². The van der Waals surface area contributed by atoms with Crippen molar-refractivity contribution in [1.29, 1.82) is 0 Å². The Bertz CT molecular complexity index is 814. The number of carbonyl (C=O) groups excluding carboxylic acids is 1. The average Bonchev–Trinajstić information content (AvgIpc) is 2.88. The van der Waals surface area contributed by atoms with Crippen LogP contribution >= 0.6 is 11.6 Å². The first kappa shape index (κ1) is 19.8. The topological polar surface area (TPSA) is 41.4 Å². The lowest BCUT2D eigenvalue weighted by molar-refractivity contribution is -0.137. The highest BCUT2D eigenvalue weighted by molar-refractivity contribution is 6.31. The second-order valence-corrected chi connectivity index (χ2v) is 7.68. The molecule has 1 atom stereocenters. The second-order valence-electron chi connectivity index (χ2n) is 7.30. The van der Waals surface area contributed by atoms with Crippen LogP contribution in [0.25, 0.3) is 0 Å². The molecular weight excluding hydrogens is 367 g/mol. The highest BCUT2D eigenvalue weighted by atomic mass is 35.5. The van der Waals surface area contributed by atoms with Crippen molar-refractivity contribution >= 4 is 17.5 Å². The Labute approximate surface area is 164 Å². The summed E-state index contributed by atoms with van der Waals surface area (Å²) >= 11 is 6.19. The number of rotatable bonds is 5. The van der Waals surface area contributed by atoms with Crippen molar-refractivity contribution in [2.75, 3.05) is 26.2 Å². The molecule has 5 nitrogen and oxygen atoms in total. The number of nitrogens with zero attached hydrogens (tertiary/aromatic N) is 4. The second kappa shape index (κ2) is 8.40. The molecule has 1 amide bonds. The van der Waals surface area contributed by atoms with E-state index in [1.807, 2.05) is 36.4 Å². The van der Waals surface area contributed by atoms with E-state index in [0.717, 1.165) is 30.0 Å². The summed E-state index contributed by atoms with van der Waals surface area (Å²) < 4.78 is 15.1. The molecule has 1 fully saturated rings. The van der Waals surface area contributed by atoms with Crippen molar-refractivity contribution in [3.63, 3.8) is 0 Å². The fourth-order valence-corrected chi connectivity index (χ4v) is 3.66. The van der Waals surface area contributed by atoms with Crippen LogP contribution in [0, 0.1) is 25.6 Å². The molecule has 0 saturated carbocycles. The molecule has 1 aromatic heterocycles. The molecule has 0 radical (unpaired) electrons. The zero-order chi connectivity index (χ0) is 19.6. The monoisotopic (exact) mass is 392 g/mol. The minimum absolute atomic E-state index is 0.143. The van der Waals surface area contributed by atoms with Gasteiger partial charge in [-0.25, -0.2) is 4.39 Å². The fraction of sp³-hybridized carbons (Fsp3) is 0.500.